The second kappa shape index (κ2) is 5.77. The van der Waals surface area contributed by atoms with Crippen LogP contribution in [0, 0.1) is 6.92 Å². The van der Waals surface area contributed by atoms with Gasteiger partial charge in [0.1, 0.15) is 0 Å². The summed E-state index contributed by atoms with van der Waals surface area (Å²) < 4.78 is 0.697. The number of aromatic nitrogens is 2. The summed E-state index contributed by atoms with van der Waals surface area (Å²) in [7, 11) is 0. The van der Waals surface area contributed by atoms with Crippen molar-refractivity contribution in [3.8, 4) is 0 Å². The van der Waals surface area contributed by atoms with E-state index in [9.17, 15) is 4.79 Å². The average Bonchev–Trinajstić information content (AvgIpc) is 2.38. The van der Waals surface area contributed by atoms with E-state index in [1.54, 1.807) is 30.6 Å². The molecule has 0 saturated carbocycles. The maximum Gasteiger partial charge on any atom is 0.259 e. The Hall–Kier alpha value is -1.99. The molecule has 0 unspecified atom stereocenters. The minimum absolute atomic E-state index is 0.299. The van der Waals surface area contributed by atoms with Crippen molar-refractivity contribution in [1.29, 1.82) is 0 Å². The number of halogens is 1. The van der Waals surface area contributed by atoms with Crippen LogP contribution in [0.25, 0.3) is 0 Å². The van der Waals surface area contributed by atoms with Gasteiger partial charge in [-0.15, -0.1) is 0 Å². The number of carbonyl (C=O) groups excluding carboxylic acids is 1. The van der Waals surface area contributed by atoms with Crippen LogP contribution in [-0.2, 0) is 0 Å². The van der Waals surface area contributed by atoms with Gasteiger partial charge in [0.25, 0.3) is 5.91 Å². The van der Waals surface area contributed by atoms with E-state index in [-0.39, 0.29) is 5.91 Å². The molecule has 0 aliphatic heterocycles. The lowest BCUT2D eigenvalue weighted by Gasteiger charge is -2.09. The van der Waals surface area contributed by atoms with Gasteiger partial charge in [0.15, 0.2) is 5.82 Å². The third kappa shape index (κ3) is 3.27. The normalized spacial score (nSPS) is 10.1. The summed E-state index contributed by atoms with van der Waals surface area (Å²) in [6.45, 7) is 1.85. The Morgan fingerprint density at radius 2 is 2.16 bits per heavy atom. The summed E-state index contributed by atoms with van der Waals surface area (Å²) in [5, 5.41) is 2.77. The number of amides is 1. The molecule has 0 fully saturated rings. The number of hydrazine groups is 1. The summed E-state index contributed by atoms with van der Waals surface area (Å²) in [6, 6.07) is 5.14. The molecule has 0 saturated heterocycles. The quantitative estimate of drug-likeness (QED) is 0.594. The van der Waals surface area contributed by atoms with E-state index >= 15 is 0 Å². The molecule has 2 rings (SSSR count). The number of nitrogens with two attached hydrogens (primary N) is 1. The summed E-state index contributed by atoms with van der Waals surface area (Å²) in [5.41, 5.74) is 4.24. The van der Waals surface area contributed by atoms with Crippen LogP contribution < -0.4 is 16.6 Å². The number of hydrogen-bond acceptors (Lipinski definition) is 5. The van der Waals surface area contributed by atoms with Gasteiger partial charge < -0.3 is 10.7 Å². The Morgan fingerprint density at radius 3 is 2.84 bits per heavy atom. The molecular weight excluding hydrogens is 310 g/mol. The molecular formula is C12H12BrN5O. The number of hydrogen-bond donors (Lipinski definition) is 3. The highest BCUT2D eigenvalue weighted by atomic mass is 79.9. The molecule has 19 heavy (non-hydrogen) atoms. The van der Waals surface area contributed by atoms with Gasteiger partial charge in [-0.25, -0.2) is 10.8 Å². The Kier molecular flexibility index (Phi) is 4.08. The molecule has 0 aliphatic rings. The first-order chi connectivity index (χ1) is 9.10. The fraction of sp³-hybridized carbons (Fsp3) is 0.0833. The number of nitrogens with zero attached hydrogens (tertiary/aromatic N) is 2. The Labute approximate surface area is 118 Å². The molecule has 0 aromatic carbocycles. The lowest BCUT2D eigenvalue weighted by Crippen LogP contribution is -2.18. The van der Waals surface area contributed by atoms with Crippen LogP contribution in [-0.4, -0.2) is 15.9 Å². The highest BCUT2D eigenvalue weighted by molar-refractivity contribution is 9.10. The zero-order valence-corrected chi connectivity index (χ0v) is 11.7. The summed E-state index contributed by atoms with van der Waals surface area (Å²) in [6.07, 6.45) is 3.19. The molecule has 2 aromatic heterocycles. The van der Waals surface area contributed by atoms with E-state index in [4.69, 9.17) is 5.84 Å². The fourth-order valence-electron chi connectivity index (χ4n) is 1.55. The minimum Gasteiger partial charge on any atom is -0.322 e. The van der Waals surface area contributed by atoms with Crippen molar-refractivity contribution in [1.82, 2.24) is 9.97 Å². The van der Waals surface area contributed by atoms with Gasteiger partial charge in [-0.05, 0) is 41.1 Å². The third-order valence-corrected chi connectivity index (χ3v) is 2.82. The minimum atomic E-state index is -0.299. The van der Waals surface area contributed by atoms with E-state index in [1.165, 1.54) is 0 Å². The highest BCUT2D eigenvalue weighted by Crippen LogP contribution is 2.19. The predicted octanol–water partition coefficient (Wildman–Crippen LogP) is 2.09. The van der Waals surface area contributed by atoms with Crippen molar-refractivity contribution < 1.29 is 4.79 Å². The van der Waals surface area contributed by atoms with Gasteiger partial charge >= 0.3 is 0 Å². The molecule has 0 bridgehead atoms. The van der Waals surface area contributed by atoms with E-state index in [0.29, 0.717) is 21.5 Å². The largest absolute Gasteiger partial charge is 0.322 e. The van der Waals surface area contributed by atoms with Gasteiger partial charge in [-0.2, -0.15) is 0 Å². The van der Waals surface area contributed by atoms with Crippen LogP contribution in [0.5, 0.6) is 0 Å². The zero-order chi connectivity index (χ0) is 13.8. The van der Waals surface area contributed by atoms with Gasteiger partial charge in [0.05, 0.1) is 5.56 Å². The first-order valence-corrected chi connectivity index (χ1v) is 6.25. The molecule has 2 heterocycles. The zero-order valence-electron chi connectivity index (χ0n) is 10.1. The molecule has 2 aromatic rings. The predicted molar refractivity (Wildman–Crippen MR) is 76.7 cm³/mol. The smallest absolute Gasteiger partial charge is 0.259 e. The van der Waals surface area contributed by atoms with E-state index in [2.05, 4.69) is 36.6 Å². The van der Waals surface area contributed by atoms with Gasteiger partial charge in [-0.1, -0.05) is 0 Å². The van der Waals surface area contributed by atoms with Gasteiger partial charge in [-0.3, -0.25) is 9.78 Å². The average molecular weight is 322 g/mol. The Balaban J connectivity index is 2.27. The summed E-state index contributed by atoms with van der Waals surface area (Å²) in [5.74, 6) is 5.35. The van der Waals surface area contributed by atoms with Crippen LogP contribution in [0.3, 0.4) is 0 Å². The molecule has 98 valence electrons. The topological polar surface area (TPSA) is 92.9 Å². The van der Waals surface area contributed by atoms with Crippen LogP contribution in [0.15, 0.2) is 35.1 Å². The molecule has 4 N–H and O–H groups in total. The standard InChI is InChI=1S/C12H12BrN5O/c1-7-4-9(2-3-15-7)17-12(19)10-5-8(13)6-16-11(10)18-14/h2-6H,14H2,1H3,(H,16,18)(H,15,17,19). The second-order valence-electron chi connectivity index (χ2n) is 3.83. The van der Waals surface area contributed by atoms with Crippen molar-refractivity contribution in [2.24, 2.45) is 5.84 Å². The molecule has 0 aliphatic carbocycles. The maximum atomic E-state index is 12.2. The molecule has 0 spiro atoms. The summed E-state index contributed by atoms with van der Waals surface area (Å²) in [4.78, 5) is 20.3. The molecule has 7 heteroatoms. The van der Waals surface area contributed by atoms with Crippen molar-refractivity contribution >= 4 is 33.3 Å². The van der Waals surface area contributed by atoms with Crippen molar-refractivity contribution in [2.45, 2.75) is 6.92 Å². The SMILES string of the molecule is Cc1cc(NC(=O)c2cc(Br)cnc2NN)ccn1. The third-order valence-electron chi connectivity index (χ3n) is 2.39. The highest BCUT2D eigenvalue weighted by Gasteiger charge is 2.13. The number of carbonyl (C=O) groups is 1. The number of nitrogen functional groups attached to an aromatic ring is 1. The number of anilines is 2. The van der Waals surface area contributed by atoms with Gasteiger partial charge in [0, 0.05) is 28.2 Å². The maximum absolute atomic E-state index is 12.2. The fourth-order valence-corrected chi connectivity index (χ4v) is 1.88. The second-order valence-corrected chi connectivity index (χ2v) is 4.75. The van der Waals surface area contributed by atoms with Crippen molar-refractivity contribution in [3.63, 3.8) is 0 Å². The molecule has 1 amide bonds. The van der Waals surface area contributed by atoms with Gasteiger partial charge in [0.2, 0.25) is 0 Å². The first-order valence-electron chi connectivity index (χ1n) is 5.46. The van der Waals surface area contributed by atoms with Crippen LogP contribution in [0.2, 0.25) is 0 Å². The first kappa shape index (κ1) is 13.4. The van der Waals surface area contributed by atoms with E-state index in [1.807, 2.05) is 6.92 Å². The number of nitrogens with one attached hydrogen (secondary N) is 2. The number of pyridine rings is 2. The Bertz CT molecular complexity index is 617. The molecule has 0 radical (unpaired) electrons. The molecule has 0 atom stereocenters. The number of rotatable bonds is 3. The number of aryl methyl sites for hydroxylation is 1. The lowest BCUT2D eigenvalue weighted by atomic mass is 10.2. The van der Waals surface area contributed by atoms with Crippen molar-refractivity contribution in [3.05, 3.63) is 46.3 Å². The van der Waals surface area contributed by atoms with Crippen LogP contribution >= 0.6 is 15.9 Å². The molecule has 6 nitrogen and oxygen atoms in total. The van der Waals surface area contributed by atoms with Crippen molar-refractivity contribution in [2.75, 3.05) is 10.7 Å². The van der Waals surface area contributed by atoms with E-state index in [0.717, 1.165) is 5.69 Å². The monoisotopic (exact) mass is 321 g/mol. The van der Waals surface area contributed by atoms with Crippen LogP contribution in [0.4, 0.5) is 11.5 Å². The lowest BCUT2D eigenvalue weighted by molar-refractivity contribution is 0.102. The van der Waals surface area contributed by atoms with E-state index < -0.39 is 0 Å². The Morgan fingerprint density at radius 1 is 1.37 bits per heavy atom. The van der Waals surface area contributed by atoms with Crippen LogP contribution in [0.1, 0.15) is 16.1 Å². The summed E-state index contributed by atoms with van der Waals surface area (Å²) >= 11 is 3.27.